The van der Waals surface area contributed by atoms with Crippen molar-refractivity contribution in [2.45, 2.75) is 26.2 Å². The second-order valence-electron chi connectivity index (χ2n) is 8.40. The van der Waals surface area contributed by atoms with E-state index >= 15 is 0 Å². The van der Waals surface area contributed by atoms with Crippen LogP contribution in [0.2, 0.25) is 0 Å². The van der Waals surface area contributed by atoms with Gasteiger partial charge in [-0.05, 0) is 31.5 Å². The van der Waals surface area contributed by atoms with Crippen LogP contribution in [-0.2, 0) is 9.59 Å². The number of benzene rings is 2. The standard InChI is InChI=1S/C25H23N7O3/c1-14-3-5-17(6-4-14)20-12-27-30-25(28-20)32-24-23(15(2)31-32)19(11-22(34)29-24)16-7-9-18(10-8-16)35-13-21(26)33/h3-10,12,19H,11,13H2,1-2H3,(H2,26,33)(H,29,34)/t19-/m0/s1. The van der Waals surface area contributed by atoms with Gasteiger partial charge in [0.05, 0.1) is 17.6 Å². The zero-order valence-corrected chi connectivity index (χ0v) is 19.2. The molecule has 0 bridgehead atoms. The summed E-state index contributed by atoms with van der Waals surface area (Å²) in [4.78, 5) is 28.3. The highest BCUT2D eigenvalue weighted by atomic mass is 16.5. The van der Waals surface area contributed by atoms with Crippen LogP contribution < -0.4 is 15.8 Å². The lowest BCUT2D eigenvalue weighted by atomic mass is 9.86. The van der Waals surface area contributed by atoms with E-state index in [2.05, 4.69) is 25.6 Å². The number of fused-ring (bicyclic) bond motifs is 1. The number of anilines is 1. The highest BCUT2D eigenvalue weighted by Gasteiger charge is 2.33. The molecule has 3 heterocycles. The molecule has 0 unspecified atom stereocenters. The molecule has 5 rings (SSSR count). The predicted octanol–water partition coefficient (Wildman–Crippen LogP) is 2.68. The first-order chi connectivity index (χ1) is 16.9. The first-order valence-corrected chi connectivity index (χ1v) is 11.1. The van der Waals surface area contributed by atoms with Crippen LogP contribution in [0, 0.1) is 13.8 Å². The number of primary amides is 1. The van der Waals surface area contributed by atoms with Gasteiger partial charge in [-0.25, -0.2) is 4.98 Å². The molecule has 0 aliphatic carbocycles. The summed E-state index contributed by atoms with van der Waals surface area (Å²) in [7, 11) is 0. The minimum Gasteiger partial charge on any atom is -0.484 e. The zero-order valence-electron chi connectivity index (χ0n) is 19.2. The van der Waals surface area contributed by atoms with Crippen LogP contribution in [0.3, 0.4) is 0 Å². The van der Waals surface area contributed by atoms with E-state index in [1.807, 2.05) is 50.2 Å². The summed E-state index contributed by atoms with van der Waals surface area (Å²) in [6.07, 6.45) is 1.86. The highest BCUT2D eigenvalue weighted by Crippen LogP contribution is 2.40. The number of amides is 2. The molecule has 2 aromatic carbocycles. The van der Waals surface area contributed by atoms with Gasteiger partial charge < -0.3 is 15.8 Å². The monoisotopic (exact) mass is 469 g/mol. The highest BCUT2D eigenvalue weighted by molar-refractivity contribution is 5.95. The van der Waals surface area contributed by atoms with Gasteiger partial charge in [-0.3, -0.25) is 9.59 Å². The molecule has 0 radical (unpaired) electrons. The minimum absolute atomic E-state index is 0.139. The number of hydrogen-bond donors (Lipinski definition) is 2. The van der Waals surface area contributed by atoms with Crippen LogP contribution >= 0.6 is 0 Å². The molecule has 0 spiro atoms. The number of carbonyl (C=O) groups excluding carboxylic acids is 2. The fourth-order valence-electron chi connectivity index (χ4n) is 4.17. The molecule has 4 aromatic rings. The molecule has 1 aliphatic rings. The van der Waals surface area contributed by atoms with Crippen LogP contribution in [-0.4, -0.2) is 43.4 Å². The lowest BCUT2D eigenvalue weighted by Gasteiger charge is -2.24. The fraction of sp³-hybridized carbons (Fsp3) is 0.200. The van der Waals surface area contributed by atoms with Crippen LogP contribution in [0.4, 0.5) is 5.82 Å². The molecule has 1 aliphatic heterocycles. The van der Waals surface area contributed by atoms with Crippen LogP contribution in [0.25, 0.3) is 17.2 Å². The maximum Gasteiger partial charge on any atom is 0.272 e. The van der Waals surface area contributed by atoms with Gasteiger partial charge >= 0.3 is 0 Å². The first kappa shape index (κ1) is 22.2. The van der Waals surface area contributed by atoms with Gasteiger partial charge in [0.25, 0.3) is 11.9 Å². The van der Waals surface area contributed by atoms with Crippen molar-refractivity contribution in [3.63, 3.8) is 0 Å². The van der Waals surface area contributed by atoms with Crippen molar-refractivity contribution < 1.29 is 14.3 Å². The van der Waals surface area contributed by atoms with Gasteiger partial charge in [0.2, 0.25) is 5.91 Å². The predicted molar refractivity (Wildman–Crippen MR) is 128 cm³/mol. The van der Waals surface area contributed by atoms with E-state index < -0.39 is 5.91 Å². The molecule has 35 heavy (non-hydrogen) atoms. The first-order valence-electron chi connectivity index (χ1n) is 11.1. The second-order valence-corrected chi connectivity index (χ2v) is 8.40. The summed E-state index contributed by atoms with van der Waals surface area (Å²) in [5, 5.41) is 15.9. The third-order valence-corrected chi connectivity index (χ3v) is 5.85. The summed E-state index contributed by atoms with van der Waals surface area (Å²) >= 11 is 0. The lowest BCUT2D eigenvalue weighted by molar-refractivity contribution is -0.120. The van der Waals surface area contributed by atoms with Gasteiger partial charge in [0.15, 0.2) is 6.61 Å². The summed E-state index contributed by atoms with van der Waals surface area (Å²) in [6.45, 7) is 3.71. The van der Waals surface area contributed by atoms with Crippen LogP contribution in [0.1, 0.15) is 34.7 Å². The minimum atomic E-state index is -0.547. The average Bonchev–Trinajstić information content (AvgIpc) is 3.19. The molecular formula is C25H23N7O3. The number of aryl methyl sites for hydroxylation is 2. The van der Waals surface area contributed by atoms with E-state index in [1.165, 1.54) is 4.68 Å². The number of nitrogens with two attached hydrogens (primary N) is 1. The number of aromatic nitrogens is 5. The number of hydrogen-bond acceptors (Lipinski definition) is 7. The van der Waals surface area contributed by atoms with E-state index in [-0.39, 0.29) is 30.8 Å². The van der Waals surface area contributed by atoms with Gasteiger partial charge in [0.1, 0.15) is 11.6 Å². The number of ether oxygens (including phenoxy) is 1. The third-order valence-electron chi connectivity index (χ3n) is 5.85. The quantitative estimate of drug-likeness (QED) is 0.443. The maximum absolute atomic E-state index is 12.7. The zero-order chi connectivity index (χ0) is 24.5. The topological polar surface area (TPSA) is 138 Å². The van der Waals surface area contributed by atoms with Crippen molar-refractivity contribution in [2.75, 3.05) is 11.9 Å². The Balaban J connectivity index is 1.51. The lowest BCUT2D eigenvalue weighted by Crippen LogP contribution is -2.25. The Morgan fingerprint density at radius 2 is 1.89 bits per heavy atom. The van der Waals surface area contributed by atoms with E-state index in [1.54, 1.807) is 18.3 Å². The van der Waals surface area contributed by atoms with E-state index in [9.17, 15) is 9.59 Å². The Hall–Kier alpha value is -4.60. The van der Waals surface area contributed by atoms with Crippen molar-refractivity contribution in [1.82, 2.24) is 25.0 Å². The Morgan fingerprint density at radius 1 is 1.14 bits per heavy atom. The molecule has 2 amide bonds. The van der Waals surface area contributed by atoms with E-state index in [0.717, 1.165) is 27.9 Å². The number of nitrogens with zero attached hydrogens (tertiary/aromatic N) is 5. The van der Waals surface area contributed by atoms with Crippen molar-refractivity contribution in [1.29, 1.82) is 0 Å². The Labute approximate surface area is 201 Å². The van der Waals surface area contributed by atoms with Crippen LogP contribution in [0.5, 0.6) is 5.75 Å². The Kier molecular flexibility index (Phi) is 5.69. The SMILES string of the molecule is Cc1ccc(-c2cnnc(-n3nc(C)c4c3NC(=O)C[C@H]4c3ccc(OCC(N)=O)cc3)n2)cc1. The molecule has 1 atom stereocenters. The van der Waals surface area contributed by atoms with Crippen molar-refractivity contribution in [2.24, 2.45) is 5.73 Å². The van der Waals surface area contributed by atoms with Gasteiger partial charge in [-0.2, -0.15) is 14.9 Å². The van der Waals surface area contributed by atoms with E-state index in [0.29, 0.717) is 17.3 Å². The molecule has 3 N–H and O–H groups in total. The maximum atomic E-state index is 12.7. The summed E-state index contributed by atoms with van der Waals surface area (Å²) < 4.78 is 6.88. The number of rotatable bonds is 6. The smallest absolute Gasteiger partial charge is 0.272 e. The summed E-state index contributed by atoms with van der Waals surface area (Å²) in [5.41, 5.74) is 10.4. The van der Waals surface area contributed by atoms with Gasteiger partial charge in [-0.15, -0.1) is 5.10 Å². The molecule has 0 saturated carbocycles. The van der Waals surface area contributed by atoms with E-state index in [4.69, 9.17) is 10.5 Å². The molecular weight excluding hydrogens is 446 g/mol. The number of nitrogens with one attached hydrogen (secondary N) is 1. The van der Waals surface area contributed by atoms with Crippen molar-refractivity contribution in [3.05, 3.63) is 77.1 Å². The Morgan fingerprint density at radius 3 is 2.60 bits per heavy atom. The van der Waals surface area contributed by atoms with Gasteiger partial charge in [-0.1, -0.05) is 42.0 Å². The molecule has 2 aromatic heterocycles. The normalized spacial score (nSPS) is 14.8. The van der Waals surface area contributed by atoms with Gasteiger partial charge in [0, 0.05) is 23.5 Å². The molecule has 0 saturated heterocycles. The largest absolute Gasteiger partial charge is 0.484 e. The van der Waals surface area contributed by atoms with Crippen molar-refractivity contribution >= 4 is 17.6 Å². The second kappa shape index (κ2) is 8.98. The molecule has 10 nitrogen and oxygen atoms in total. The summed E-state index contributed by atoms with van der Waals surface area (Å²) in [5.74, 6) is 0.414. The molecule has 10 heteroatoms. The third kappa shape index (κ3) is 4.45. The molecule has 176 valence electrons. The number of carbonyl (C=O) groups is 2. The van der Waals surface area contributed by atoms with Crippen molar-refractivity contribution in [3.8, 4) is 23.0 Å². The average molecular weight is 470 g/mol. The fourth-order valence-corrected chi connectivity index (χ4v) is 4.17. The Bertz CT molecular complexity index is 1410. The van der Waals surface area contributed by atoms with Crippen LogP contribution in [0.15, 0.2) is 54.7 Å². The molecule has 0 fully saturated rings. The summed E-state index contributed by atoms with van der Waals surface area (Å²) in [6, 6.07) is 15.2.